The molecule has 5 heteroatoms. The van der Waals surface area contributed by atoms with Gasteiger partial charge in [-0.15, -0.1) is 0 Å². The van der Waals surface area contributed by atoms with Crippen LogP contribution in [-0.2, 0) is 9.09 Å². The fraction of sp³-hybridized carbons (Fsp3) is 0.500. The van der Waals surface area contributed by atoms with Crippen molar-refractivity contribution in [3.8, 4) is 0 Å². The van der Waals surface area contributed by atoms with E-state index in [9.17, 15) is 4.57 Å². The lowest BCUT2D eigenvalue weighted by Crippen LogP contribution is -2.35. The van der Waals surface area contributed by atoms with Gasteiger partial charge in [0, 0.05) is 25.5 Å². The van der Waals surface area contributed by atoms with Crippen molar-refractivity contribution in [1.82, 2.24) is 0 Å². The summed E-state index contributed by atoms with van der Waals surface area (Å²) in [6, 6.07) is 17.6. The Morgan fingerprint density at radius 1 is 1.03 bits per heavy atom. The molecule has 4 nitrogen and oxygen atoms in total. The molecule has 2 aromatic carbocycles. The molecule has 2 aromatic rings. The van der Waals surface area contributed by atoms with Gasteiger partial charge in [-0.1, -0.05) is 45.4 Å². The van der Waals surface area contributed by atoms with Gasteiger partial charge in [-0.25, -0.2) is 0 Å². The van der Waals surface area contributed by atoms with Crippen molar-refractivity contribution in [2.75, 3.05) is 24.1 Å². The van der Waals surface area contributed by atoms with Gasteiger partial charge in [-0.05, 0) is 67.0 Å². The molecule has 1 saturated carbocycles. The summed E-state index contributed by atoms with van der Waals surface area (Å²) in [6.07, 6.45) is 3.30. The highest BCUT2D eigenvalue weighted by Gasteiger charge is 2.38. The molecule has 0 heterocycles. The molecule has 4 atom stereocenters. The Morgan fingerprint density at radius 3 is 2.28 bits per heavy atom. The largest absolute Gasteiger partial charge is 0.378 e. The first kappa shape index (κ1) is 21.9. The highest BCUT2D eigenvalue weighted by atomic mass is 31.2. The smallest absolute Gasteiger partial charge is 0.324 e. The summed E-state index contributed by atoms with van der Waals surface area (Å²) < 4.78 is 20.8. The summed E-state index contributed by atoms with van der Waals surface area (Å²) in [4.78, 5) is 2.04. The third-order valence-corrected chi connectivity index (χ3v) is 8.10. The maximum Gasteiger partial charge on any atom is 0.324 e. The Hall–Kier alpha value is -1.77. The van der Waals surface area contributed by atoms with E-state index in [1.807, 2.05) is 73.6 Å². The highest BCUT2D eigenvalue weighted by molar-refractivity contribution is 7.68. The van der Waals surface area contributed by atoms with Crippen LogP contribution >= 0.6 is 7.52 Å². The number of hydrogen-bond acceptors (Lipinski definition) is 3. The molecule has 0 spiro atoms. The molecule has 0 radical (unpaired) electrons. The second kappa shape index (κ2) is 9.36. The van der Waals surface area contributed by atoms with Gasteiger partial charge in [0.2, 0.25) is 0 Å². The molecule has 4 unspecified atom stereocenters. The fourth-order valence-corrected chi connectivity index (χ4v) is 6.17. The Kier molecular flexibility index (Phi) is 7.08. The van der Waals surface area contributed by atoms with Gasteiger partial charge in [0.15, 0.2) is 0 Å². The molecule has 3 rings (SSSR count). The summed E-state index contributed by atoms with van der Waals surface area (Å²) in [5, 5.41) is 3.98. The van der Waals surface area contributed by atoms with Crippen LogP contribution in [0.15, 0.2) is 54.6 Å². The summed E-state index contributed by atoms with van der Waals surface area (Å²) >= 11 is 0. The second-order valence-electron chi connectivity index (χ2n) is 8.91. The first-order chi connectivity index (χ1) is 13.8. The standard InChI is InChI=1S/C24H35N2O2P/c1-18(2)23-16-11-19(3)17-24(23)28-29(27,25-20-9-7-6-8-10-20)22-14-12-21(13-15-22)26(4)5/h6-10,12-15,18-19,23-24H,11,16-17H2,1-5H3,(H,25,27). The average Bonchev–Trinajstić information content (AvgIpc) is 2.68. The van der Waals surface area contributed by atoms with Crippen molar-refractivity contribution in [3.63, 3.8) is 0 Å². The van der Waals surface area contributed by atoms with E-state index in [2.05, 4.69) is 25.9 Å². The van der Waals surface area contributed by atoms with Crippen molar-refractivity contribution >= 4 is 24.2 Å². The molecular formula is C24H35N2O2P. The molecule has 1 aliphatic rings. The van der Waals surface area contributed by atoms with E-state index in [1.54, 1.807) is 0 Å². The number of nitrogens with one attached hydrogen (secondary N) is 1. The van der Waals surface area contributed by atoms with Gasteiger partial charge >= 0.3 is 7.52 Å². The van der Waals surface area contributed by atoms with Crippen LogP contribution in [0.4, 0.5) is 11.4 Å². The first-order valence-electron chi connectivity index (χ1n) is 10.7. The molecule has 0 aromatic heterocycles. The molecule has 1 fully saturated rings. The Labute approximate surface area is 176 Å². The van der Waals surface area contributed by atoms with Crippen LogP contribution in [0.25, 0.3) is 0 Å². The third kappa shape index (κ3) is 5.43. The normalized spacial score (nSPS) is 24.1. The van der Waals surface area contributed by atoms with Crippen molar-refractivity contribution in [2.24, 2.45) is 17.8 Å². The summed E-state index contributed by atoms with van der Waals surface area (Å²) in [6.45, 7) is 6.77. The molecule has 0 amide bonds. The van der Waals surface area contributed by atoms with Crippen molar-refractivity contribution in [2.45, 2.75) is 46.1 Å². The summed E-state index contributed by atoms with van der Waals surface area (Å²) in [7, 11) is 0.724. The fourth-order valence-electron chi connectivity index (χ4n) is 4.21. The second-order valence-corrected chi connectivity index (χ2v) is 11.0. The van der Waals surface area contributed by atoms with Crippen LogP contribution in [0.3, 0.4) is 0 Å². The minimum Gasteiger partial charge on any atom is -0.378 e. The van der Waals surface area contributed by atoms with Crippen molar-refractivity contribution < 1.29 is 9.09 Å². The highest BCUT2D eigenvalue weighted by Crippen LogP contribution is 2.51. The minimum atomic E-state index is -3.28. The van der Waals surface area contributed by atoms with E-state index >= 15 is 0 Å². The molecular weight excluding hydrogens is 379 g/mol. The SMILES string of the molecule is CC1CCC(C(C)C)C(OP(=O)(Nc2ccccc2)c2ccc(N(C)C)cc2)C1. The molecule has 0 saturated heterocycles. The molecule has 29 heavy (non-hydrogen) atoms. The van der Waals surface area contributed by atoms with E-state index in [1.165, 1.54) is 6.42 Å². The van der Waals surface area contributed by atoms with Gasteiger partial charge in [0.25, 0.3) is 0 Å². The number of rotatable bonds is 7. The number of benzene rings is 2. The van der Waals surface area contributed by atoms with Gasteiger partial charge in [0.05, 0.1) is 11.4 Å². The number of nitrogens with zero attached hydrogens (tertiary/aromatic N) is 1. The van der Waals surface area contributed by atoms with E-state index in [4.69, 9.17) is 4.52 Å². The molecule has 0 aliphatic heterocycles. The Morgan fingerprint density at radius 2 is 1.69 bits per heavy atom. The van der Waals surface area contributed by atoms with E-state index in [0.29, 0.717) is 23.1 Å². The van der Waals surface area contributed by atoms with Crippen LogP contribution in [0, 0.1) is 17.8 Å². The summed E-state index contributed by atoms with van der Waals surface area (Å²) in [5.41, 5.74) is 1.89. The van der Waals surface area contributed by atoms with Crippen LogP contribution in [0.2, 0.25) is 0 Å². The van der Waals surface area contributed by atoms with Crippen LogP contribution in [-0.4, -0.2) is 20.2 Å². The van der Waals surface area contributed by atoms with E-state index < -0.39 is 7.52 Å². The van der Waals surface area contributed by atoms with Crippen LogP contribution in [0.5, 0.6) is 0 Å². The predicted molar refractivity (Wildman–Crippen MR) is 124 cm³/mol. The van der Waals surface area contributed by atoms with Crippen molar-refractivity contribution in [1.29, 1.82) is 0 Å². The zero-order valence-electron chi connectivity index (χ0n) is 18.3. The van der Waals surface area contributed by atoms with Gasteiger partial charge in [0.1, 0.15) is 0 Å². The van der Waals surface area contributed by atoms with Crippen LogP contribution in [0.1, 0.15) is 40.0 Å². The maximum atomic E-state index is 14.3. The number of hydrogen-bond donors (Lipinski definition) is 1. The van der Waals surface area contributed by atoms with E-state index in [0.717, 1.165) is 24.2 Å². The Bertz CT molecular complexity index is 821. The number of anilines is 2. The monoisotopic (exact) mass is 414 g/mol. The topological polar surface area (TPSA) is 41.6 Å². The molecule has 0 bridgehead atoms. The summed E-state index contributed by atoms with van der Waals surface area (Å²) in [5.74, 6) is 1.53. The number of para-hydroxylation sites is 1. The third-order valence-electron chi connectivity index (χ3n) is 6.00. The van der Waals surface area contributed by atoms with Gasteiger partial charge in [-0.2, -0.15) is 0 Å². The quantitative estimate of drug-likeness (QED) is 0.551. The lowest BCUT2D eigenvalue weighted by Gasteiger charge is -2.39. The first-order valence-corrected chi connectivity index (χ1v) is 12.3. The van der Waals surface area contributed by atoms with Crippen molar-refractivity contribution in [3.05, 3.63) is 54.6 Å². The van der Waals surface area contributed by atoms with E-state index in [-0.39, 0.29) is 6.10 Å². The van der Waals surface area contributed by atoms with Gasteiger partial charge in [-0.3, -0.25) is 4.57 Å². The van der Waals surface area contributed by atoms with Crippen LogP contribution < -0.4 is 15.3 Å². The lowest BCUT2D eigenvalue weighted by atomic mass is 9.75. The lowest BCUT2D eigenvalue weighted by molar-refractivity contribution is 0.0506. The molecule has 158 valence electrons. The maximum absolute atomic E-state index is 14.3. The minimum absolute atomic E-state index is 0.00526. The zero-order chi connectivity index (χ0) is 21.0. The van der Waals surface area contributed by atoms with Gasteiger partial charge < -0.3 is 14.5 Å². The molecule has 1 aliphatic carbocycles. The molecule has 1 N–H and O–H groups in total. The Balaban J connectivity index is 1.94. The predicted octanol–water partition coefficient (Wildman–Crippen LogP) is 6.16. The zero-order valence-corrected chi connectivity index (χ0v) is 19.2. The average molecular weight is 415 g/mol.